The molecular formula is C21H18ClN3O6S. The van der Waals surface area contributed by atoms with Gasteiger partial charge in [0.15, 0.2) is 5.58 Å². The molecule has 4 aromatic rings. The van der Waals surface area contributed by atoms with Crippen LogP contribution in [0.5, 0.6) is 0 Å². The minimum atomic E-state index is -3.73. The van der Waals surface area contributed by atoms with Gasteiger partial charge in [0.2, 0.25) is 15.9 Å². The third kappa shape index (κ3) is 4.93. The van der Waals surface area contributed by atoms with Crippen LogP contribution < -0.4 is 15.8 Å². The number of aryl methyl sites for hydroxylation is 1. The van der Waals surface area contributed by atoms with Crippen LogP contribution >= 0.6 is 11.6 Å². The number of carbonyl (C=O) groups excluding carboxylic acids is 1. The van der Waals surface area contributed by atoms with Crippen LogP contribution in [-0.2, 0) is 27.9 Å². The Morgan fingerprint density at radius 1 is 1.09 bits per heavy atom. The van der Waals surface area contributed by atoms with Gasteiger partial charge < -0.3 is 14.2 Å². The third-order valence-electron chi connectivity index (χ3n) is 4.66. The van der Waals surface area contributed by atoms with Crippen molar-refractivity contribution in [1.82, 2.24) is 9.29 Å². The first-order valence-corrected chi connectivity index (χ1v) is 11.4. The number of hydrogen-bond acceptors (Lipinski definition) is 6. The zero-order valence-corrected chi connectivity index (χ0v) is 18.2. The number of furan rings is 1. The van der Waals surface area contributed by atoms with Crippen LogP contribution in [0.15, 0.2) is 79.4 Å². The first-order valence-electron chi connectivity index (χ1n) is 9.53. The van der Waals surface area contributed by atoms with Crippen molar-refractivity contribution in [2.24, 2.45) is 0 Å². The van der Waals surface area contributed by atoms with Gasteiger partial charge in [0.25, 0.3) is 0 Å². The number of sulfonamides is 1. The van der Waals surface area contributed by atoms with E-state index in [9.17, 15) is 18.0 Å². The third-order valence-corrected chi connectivity index (χ3v) is 6.31. The summed E-state index contributed by atoms with van der Waals surface area (Å²) in [6, 6.07) is 13.9. The SMILES string of the molecule is O=C(CCn1c(=O)oc2cc(Cl)ccc21)Nc1ccc(S(=O)(=O)NCc2ccco2)cc1. The molecule has 166 valence electrons. The van der Waals surface area contributed by atoms with Crippen molar-refractivity contribution in [1.29, 1.82) is 0 Å². The van der Waals surface area contributed by atoms with Gasteiger partial charge in [-0.05, 0) is 48.5 Å². The van der Waals surface area contributed by atoms with Gasteiger partial charge in [-0.2, -0.15) is 0 Å². The largest absolute Gasteiger partial charge is 0.468 e. The molecule has 2 N–H and O–H groups in total. The number of hydrogen-bond donors (Lipinski definition) is 2. The molecule has 9 nitrogen and oxygen atoms in total. The van der Waals surface area contributed by atoms with Crippen molar-refractivity contribution in [3.8, 4) is 0 Å². The van der Waals surface area contributed by atoms with E-state index in [4.69, 9.17) is 20.4 Å². The van der Waals surface area contributed by atoms with Crippen LogP contribution in [0, 0.1) is 0 Å². The maximum Gasteiger partial charge on any atom is 0.419 e. The van der Waals surface area contributed by atoms with Gasteiger partial charge in [-0.15, -0.1) is 0 Å². The monoisotopic (exact) mass is 475 g/mol. The Morgan fingerprint density at radius 3 is 2.59 bits per heavy atom. The minimum absolute atomic E-state index is 0.0158. The Morgan fingerprint density at radius 2 is 1.88 bits per heavy atom. The van der Waals surface area contributed by atoms with Gasteiger partial charge in [0.1, 0.15) is 5.76 Å². The summed E-state index contributed by atoms with van der Waals surface area (Å²) in [5, 5.41) is 3.12. The van der Waals surface area contributed by atoms with E-state index < -0.39 is 15.8 Å². The van der Waals surface area contributed by atoms with E-state index in [0.717, 1.165) is 0 Å². The number of aromatic nitrogens is 1. The van der Waals surface area contributed by atoms with E-state index in [1.165, 1.54) is 41.2 Å². The molecule has 0 saturated carbocycles. The second-order valence-electron chi connectivity index (χ2n) is 6.86. The van der Waals surface area contributed by atoms with Crippen molar-refractivity contribution in [3.63, 3.8) is 0 Å². The average molecular weight is 476 g/mol. The number of benzene rings is 2. The fourth-order valence-corrected chi connectivity index (χ4v) is 4.22. The topological polar surface area (TPSA) is 124 Å². The molecule has 0 saturated heterocycles. The molecule has 0 fully saturated rings. The number of rotatable bonds is 8. The van der Waals surface area contributed by atoms with E-state index >= 15 is 0 Å². The second kappa shape index (κ2) is 9.03. The zero-order chi connectivity index (χ0) is 22.7. The lowest BCUT2D eigenvalue weighted by molar-refractivity contribution is -0.116. The van der Waals surface area contributed by atoms with Crippen LogP contribution in [0.3, 0.4) is 0 Å². The molecule has 4 rings (SSSR count). The van der Waals surface area contributed by atoms with E-state index in [0.29, 0.717) is 27.6 Å². The molecule has 0 unspecified atom stereocenters. The van der Waals surface area contributed by atoms with E-state index in [2.05, 4.69) is 10.0 Å². The molecule has 0 radical (unpaired) electrons. The van der Waals surface area contributed by atoms with Gasteiger partial charge in [-0.25, -0.2) is 17.9 Å². The normalized spacial score (nSPS) is 11.7. The summed E-state index contributed by atoms with van der Waals surface area (Å²) < 4.78 is 38.8. The number of oxazole rings is 1. The molecule has 1 amide bonds. The number of fused-ring (bicyclic) bond motifs is 1. The smallest absolute Gasteiger partial charge is 0.419 e. The average Bonchev–Trinajstić information content (AvgIpc) is 3.38. The van der Waals surface area contributed by atoms with Crippen molar-refractivity contribution in [2.75, 3.05) is 5.32 Å². The number of nitrogens with zero attached hydrogens (tertiary/aromatic N) is 1. The minimum Gasteiger partial charge on any atom is -0.468 e. The fraction of sp³-hybridized carbons (Fsp3) is 0.143. The molecule has 0 spiro atoms. The first-order chi connectivity index (χ1) is 15.3. The summed E-state index contributed by atoms with van der Waals surface area (Å²) in [6.45, 7) is 0.143. The molecule has 0 bridgehead atoms. The van der Waals surface area contributed by atoms with Gasteiger partial charge in [0, 0.05) is 29.7 Å². The Bertz CT molecular complexity index is 1410. The predicted molar refractivity (Wildman–Crippen MR) is 118 cm³/mol. The molecule has 2 aromatic heterocycles. The van der Waals surface area contributed by atoms with Gasteiger partial charge >= 0.3 is 5.76 Å². The van der Waals surface area contributed by atoms with Crippen molar-refractivity contribution in [3.05, 3.63) is 82.2 Å². The highest BCUT2D eigenvalue weighted by atomic mass is 35.5. The Balaban J connectivity index is 1.36. The predicted octanol–water partition coefficient (Wildman–Crippen LogP) is 3.35. The standard InChI is InChI=1S/C21H18ClN3O6S/c22-14-3-8-18-19(12-14)31-21(27)25(18)10-9-20(26)24-15-4-6-17(7-5-15)32(28,29)23-13-16-2-1-11-30-16/h1-8,11-12,23H,9-10,13H2,(H,24,26). The summed E-state index contributed by atoms with van der Waals surface area (Å²) in [7, 11) is -3.73. The number of halogens is 1. The summed E-state index contributed by atoms with van der Waals surface area (Å²) >= 11 is 5.90. The molecule has 0 atom stereocenters. The number of carbonyl (C=O) groups is 1. The lowest BCUT2D eigenvalue weighted by atomic mass is 10.3. The van der Waals surface area contributed by atoms with E-state index in [1.54, 1.807) is 24.3 Å². The number of anilines is 1. The molecule has 0 aliphatic rings. The van der Waals surface area contributed by atoms with Crippen molar-refractivity contribution >= 4 is 44.3 Å². The molecule has 2 aromatic carbocycles. The molecular weight excluding hydrogens is 458 g/mol. The summed E-state index contributed by atoms with van der Waals surface area (Å²) in [5.74, 6) is -0.427. The van der Waals surface area contributed by atoms with E-state index in [-0.39, 0.29) is 30.3 Å². The quantitative estimate of drug-likeness (QED) is 0.403. The van der Waals surface area contributed by atoms with Crippen LogP contribution in [-0.4, -0.2) is 18.9 Å². The fourth-order valence-electron chi connectivity index (χ4n) is 3.07. The highest BCUT2D eigenvalue weighted by Crippen LogP contribution is 2.19. The highest BCUT2D eigenvalue weighted by Gasteiger charge is 2.15. The van der Waals surface area contributed by atoms with Crippen LogP contribution in [0.4, 0.5) is 5.69 Å². The van der Waals surface area contributed by atoms with Gasteiger partial charge in [-0.3, -0.25) is 9.36 Å². The molecule has 32 heavy (non-hydrogen) atoms. The summed E-state index contributed by atoms with van der Waals surface area (Å²) in [6.07, 6.45) is 1.48. The van der Waals surface area contributed by atoms with Gasteiger partial charge in [0.05, 0.1) is 23.2 Å². The maximum absolute atomic E-state index is 12.4. The lowest BCUT2D eigenvalue weighted by Gasteiger charge is -2.08. The van der Waals surface area contributed by atoms with Gasteiger partial charge in [-0.1, -0.05) is 11.6 Å². The molecule has 11 heteroatoms. The summed E-state index contributed by atoms with van der Waals surface area (Å²) in [5.41, 5.74) is 1.32. The number of nitrogens with one attached hydrogen (secondary N) is 2. The lowest BCUT2D eigenvalue weighted by Crippen LogP contribution is -2.23. The second-order valence-corrected chi connectivity index (χ2v) is 9.06. The van der Waals surface area contributed by atoms with Crippen LogP contribution in [0.2, 0.25) is 5.02 Å². The van der Waals surface area contributed by atoms with Crippen LogP contribution in [0.25, 0.3) is 11.1 Å². The first kappa shape index (κ1) is 21.9. The molecule has 0 aliphatic carbocycles. The molecule has 0 aliphatic heterocycles. The Labute approximate surface area is 187 Å². The van der Waals surface area contributed by atoms with E-state index in [1.807, 2.05) is 0 Å². The van der Waals surface area contributed by atoms with Crippen molar-refractivity contribution < 1.29 is 22.0 Å². The Hall–Kier alpha value is -3.34. The zero-order valence-electron chi connectivity index (χ0n) is 16.6. The van der Waals surface area contributed by atoms with Crippen molar-refractivity contribution in [2.45, 2.75) is 24.4 Å². The number of amides is 1. The Kier molecular flexibility index (Phi) is 6.17. The summed E-state index contributed by atoms with van der Waals surface area (Å²) in [4.78, 5) is 24.4. The molecule has 2 heterocycles. The maximum atomic E-state index is 12.4. The van der Waals surface area contributed by atoms with Crippen LogP contribution in [0.1, 0.15) is 12.2 Å². The highest BCUT2D eigenvalue weighted by molar-refractivity contribution is 7.89.